The molecule has 3 rings (SSSR count). The number of rotatable bonds is 4. The number of thiophene rings is 1. The molecular weight excluding hydrogens is 274 g/mol. The molecule has 3 aromatic rings. The molecule has 0 spiro atoms. The normalized spacial score (nSPS) is 10.4. The number of anilines is 1. The van der Waals surface area contributed by atoms with Gasteiger partial charge in [0.15, 0.2) is 5.82 Å². The summed E-state index contributed by atoms with van der Waals surface area (Å²) in [4.78, 5) is 20.2. The zero-order chi connectivity index (χ0) is 13.8. The van der Waals surface area contributed by atoms with E-state index in [1.807, 2.05) is 35.0 Å². The lowest BCUT2D eigenvalue weighted by molar-refractivity contribution is -0.115. The number of carbonyl (C=O) groups excluding carboxylic acids is 1. The molecule has 7 heteroatoms. The summed E-state index contributed by atoms with van der Waals surface area (Å²) in [6.07, 6.45) is 1.99. The summed E-state index contributed by atoms with van der Waals surface area (Å²) in [7, 11) is 0. The Hall–Kier alpha value is -2.54. The van der Waals surface area contributed by atoms with Crippen molar-refractivity contribution < 1.29 is 4.79 Å². The second kappa shape index (κ2) is 5.62. The average Bonchev–Trinajstić information content (AvgIpc) is 3.11. The Labute approximate surface area is 118 Å². The molecule has 0 saturated carbocycles. The summed E-state index contributed by atoms with van der Waals surface area (Å²) in [5.41, 5.74) is 1.66. The zero-order valence-electron chi connectivity index (χ0n) is 10.4. The van der Waals surface area contributed by atoms with Gasteiger partial charge in [0, 0.05) is 6.20 Å². The minimum atomic E-state index is -0.144. The molecule has 2 N–H and O–H groups in total. The van der Waals surface area contributed by atoms with Crippen LogP contribution in [0.2, 0.25) is 0 Å². The Morgan fingerprint density at radius 2 is 2.30 bits per heavy atom. The van der Waals surface area contributed by atoms with Gasteiger partial charge in [-0.25, -0.2) is 0 Å². The molecule has 0 atom stereocenters. The van der Waals surface area contributed by atoms with Gasteiger partial charge in [-0.1, -0.05) is 6.07 Å². The summed E-state index contributed by atoms with van der Waals surface area (Å²) >= 11 is 1.56. The van der Waals surface area contributed by atoms with Crippen LogP contribution in [0.3, 0.4) is 0 Å². The highest BCUT2D eigenvalue weighted by Crippen LogP contribution is 2.12. The number of carbonyl (C=O) groups is 1. The summed E-state index contributed by atoms with van der Waals surface area (Å²) in [5.74, 6) is 0.636. The molecule has 1 amide bonds. The maximum atomic E-state index is 11.8. The van der Waals surface area contributed by atoms with Crippen LogP contribution in [0.1, 0.15) is 5.56 Å². The van der Waals surface area contributed by atoms with E-state index < -0.39 is 0 Å². The van der Waals surface area contributed by atoms with Crippen molar-refractivity contribution in [3.63, 3.8) is 0 Å². The molecule has 20 heavy (non-hydrogen) atoms. The van der Waals surface area contributed by atoms with Crippen LogP contribution < -0.4 is 5.32 Å². The second-order valence-electron chi connectivity index (χ2n) is 4.08. The standard InChI is InChI=1S/C13H11N5OS/c19-11(7-9-4-6-20-8-9)15-13-16-12(17-18-13)10-3-1-2-5-14-10/h1-6,8H,7H2,(H2,15,16,17,18,19). The maximum Gasteiger partial charge on any atom is 0.249 e. The van der Waals surface area contributed by atoms with E-state index in [1.165, 1.54) is 0 Å². The molecule has 0 radical (unpaired) electrons. The Morgan fingerprint density at radius 1 is 1.35 bits per heavy atom. The van der Waals surface area contributed by atoms with Gasteiger partial charge in [0.25, 0.3) is 0 Å². The number of aromatic nitrogens is 4. The fraction of sp³-hybridized carbons (Fsp3) is 0.0769. The van der Waals surface area contributed by atoms with Crippen LogP contribution in [0.15, 0.2) is 41.2 Å². The molecule has 0 aliphatic carbocycles. The molecule has 0 aromatic carbocycles. The van der Waals surface area contributed by atoms with Gasteiger partial charge in [-0.15, -0.1) is 5.10 Å². The lowest BCUT2D eigenvalue weighted by Crippen LogP contribution is -2.14. The van der Waals surface area contributed by atoms with Gasteiger partial charge >= 0.3 is 0 Å². The summed E-state index contributed by atoms with van der Waals surface area (Å²) < 4.78 is 0. The number of hydrogen-bond donors (Lipinski definition) is 2. The highest BCUT2D eigenvalue weighted by atomic mass is 32.1. The highest BCUT2D eigenvalue weighted by Gasteiger charge is 2.10. The first-order chi connectivity index (χ1) is 9.81. The molecule has 0 unspecified atom stereocenters. The molecule has 0 aliphatic heterocycles. The van der Waals surface area contributed by atoms with Gasteiger partial charge in [0.1, 0.15) is 5.69 Å². The van der Waals surface area contributed by atoms with E-state index in [2.05, 4.69) is 25.5 Å². The lowest BCUT2D eigenvalue weighted by Gasteiger charge is -1.98. The molecule has 3 aromatic heterocycles. The number of H-pyrrole nitrogens is 1. The van der Waals surface area contributed by atoms with Crippen LogP contribution in [0.4, 0.5) is 5.95 Å². The van der Waals surface area contributed by atoms with Crippen LogP contribution in [0.25, 0.3) is 11.5 Å². The van der Waals surface area contributed by atoms with Crippen molar-refractivity contribution in [1.29, 1.82) is 0 Å². The number of aromatic amines is 1. The summed E-state index contributed by atoms with van der Waals surface area (Å²) in [5, 5.41) is 13.2. The van der Waals surface area contributed by atoms with Crippen LogP contribution in [0.5, 0.6) is 0 Å². The van der Waals surface area contributed by atoms with Gasteiger partial charge in [-0.05, 0) is 34.5 Å². The van der Waals surface area contributed by atoms with Crippen molar-refractivity contribution in [3.05, 3.63) is 46.8 Å². The highest BCUT2D eigenvalue weighted by molar-refractivity contribution is 7.08. The van der Waals surface area contributed by atoms with Crippen molar-refractivity contribution in [2.24, 2.45) is 0 Å². The van der Waals surface area contributed by atoms with E-state index in [0.717, 1.165) is 5.56 Å². The predicted molar refractivity (Wildman–Crippen MR) is 76.3 cm³/mol. The van der Waals surface area contributed by atoms with E-state index >= 15 is 0 Å². The number of hydrogen-bond acceptors (Lipinski definition) is 5. The molecule has 6 nitrogen and oxygen atoms in total. The van der Waals surface area contributed by atoms with Gasteiger partial charge in [-0.2, -0.15) is 16.3 Å². The molecule has 3 heterocycles. The van der Waals surface area contributed by atoms with Crippen LogP contribution in [-0.2, 0) is 11.2 Å². The minimum absolute atomic E-state index is 0.144. The molecule has 0 saturated heterocycles. The van der Waals surface area contributed by atoms with Crippen LogP contribution in [0, 0.1) is 0 Å². The largest absolute Gasteiger partial charge is 0.293 e. The Balaban J connectivity index is 1.67. The van der Waals surface area contributed by atoms with Crippen molar-refractivity contribution in [3.8, 4) is 11.5 Å². The fourth-order valence-electron chi connectivity index (χ4n) is 1.68. The molecular formula is C13H11N5OS. The minimum Gasteiger partial charge on any atom is -0.293 e. The van der Waals surface area contributed by atoms with Crippen molar-refractivity contribution >= 4 is 23.2 Å². The number of amides is 1. The monoisotopic (exact) mass is 285 g/mol. The first-order valence-corrected chi connectivity index (χ1v) is 6.90. The fourth-order valence-corrected chi connectivity index (χ4v) is 2.35. The van der Waals surface area contributed by atoms with Crippen LogP contribution >= 0.6 is 11.3 Å². The maximum absolute atomic E-state index is 11.8. The smallest absolute Gasteiger partial charge is 0.249 e. The first-order valence-electron chi connectivity index (χ1n) is 5.96. The molecule has 0 bridgehead atoms. The number of nitrogens with one attached hydrogen (secondary N) is 2. The van der Waals surface area contributed by atoms with Gasteiger partial charge < -0.3 is 0 Å². The Kier molecular flexibility index (Phi) is 3.51. The van der Waals surface area contributed by atoms with Crippen molar-refractivity contribution in [2.75, 3.05) is 5.32 Å². The number of pyridine rings is 1. The van der Waals surface area contributed by atoms with E-state index in [9.17, 15) is 4.79 Å². The lowest BCUT2D eigenvalue weighted by atomic mass is 10.2. The zero-order valence-corrected chi connectivity index (χ0v) is 11.2. The topological polar surface area (TPSA) is 83.6 Å². The van der Waals surface area contributed by atoms with Gasteiger partial charge in [-0.3, -0.25) is 20.2 Å². The first kappa shape index (κ1) is 12.5. The van der Waals surface area contributed by atoms with E-state index in [0.29, 0.717) is 17.9 Å². The quantitative estimate of drug-likeness (QED) is 0.769. The van der Waals surface area contributed by atoms with E-state index in [-0.39, 0.29) is 11.9 Å². The number of nitrogens with zero attached hydrogens (tertiary/aromatic N) is 3. The van der Waals surface area contributed by atoms with Crippen LogP contribution in [-0.4, -0.2) is 26.1 Å². The predicted octanol–water partition coefficient (Wildman–Crippen LogP) is 2.11. The Morgan fingerprint density at radius 3 is 3.05 bits per heavy atom. The average molecular weight is 285 g/mol. The third-order valence-electron chi connectivity index (χ3n) is 2.59. The van der Waals surface area contributed by atoms with E-state index in [4.69, 9.17) is 0 Å². The Bertz CT molecular complexity index is 693. The molecule has 100 valence electrons. The third kappa shape index (κ3) is 2.89. The van der Waals surface area contributed by atoms with Crippen molar-refractivity contribution in [2.45, 2.75) is 6.42 Å². The summed E-state index contributed by atoms with van der Waals surface area (Å²) in [6.45, 7) is 0. The van der Waals surface area contributed by atoms with Crippen molar-refractivity contribution in [1.82, 2.24) is 20.2 Å². The molecule has 0 fully saturated rings. The summed E-state index contributed by atoms with van der Waals surface area (Å²) in [6, 6.07) is 7.42. The molecule has 0 aliphatic rings. The third-order valence-corrected chi connectivity index (χ3v) is 3.32. The SMILES string of the molecule is O=C(Cc1ccsc1)Nc1n[nH]c(-c2ccccn2)n1. The van der Waals surface area contributed by atoms with Gasteiger partial charge in [0.05, 0.1) is 6.42 Å². The van der Waals surface area contributed by atoms with E-state index in [1.54, 1.807) is 17.5 Å². The second-order valence-corrected chi connectivity index (χ2v) is 4.86. The van der Waals surface area contributed by atoms with Gasteiger partial charge in [0.2, 0.25) is 11.9 Å².